The summed E-state index contributed by atoms with van der Waals surface area (Å²) in [7, 11) is 0. The molecule has 30 heavy (non-hydrogen) atoms. The van der Waals surface area contributed by atoms with Crippen molar-refractivity contribution in [1.29, 1.82) is 5.26 Å². The number of rotatable bonds is 7. The quantitative estimate of drug-likeness (QED) is 0.624. The molecule has 8 nitrogen and oxygen atoms in total. The van der Waals surface area contributed by atoms with Gasteiger partial charge in [-0.2, -0.15) is 10.4 Å². The number of carbonyl (C=O) groups is 2. The number of aromatic nitrogens is 2. The Morgan fingerprint density at radius 2 is 1.90 bits per heavy atom. The first-order valence-electron chi connectivity index (χ1n) is 10.4. The van der Waals surface area contributed by atoms with Gasteiger partial charge in [0.1, 0.15) is 5.56 Å². The molecular formula is C20H26F2N6O2. The number of primary amides is 1. The van der Waals surface area contributed by atoms with Crippen LogP contribution in [0.25, 0.3) is 0 Å². The highest BCUT2D eigenvalue weighted by atomic mass is 19.3. The average molecular weight is 420 g/mol. The maximum atomic E-state index is 13.1. The van der Waals surface area contributed by atoms with E-state index in [-0.39, 0.29) is 54.6 Å². The van der Waals surface area contributed by atoms with Crippen molar-refractivity contribution in [2.45, 2.75) is 81.3 Å². The number of nitrogens with one attached hydrogen (secondary N) is 2. The number of nitrogens with two attached hydrogens (primary N) is 1. The molecule has 0 bridgehead atoms. The molecule has 0 aromatic carbocycles. The monoisotopic (exact) mass is 420 g/mol. The van der Waals surface area contributed by atoms with Crippen LogP contribution in [0.15, 0.2) is 6.20 Å². The van der Waals surface area contributed by atoms with Crippen molar-refractivity contribution >= 4 is 17.6 Å². The Morgan fingerprint density at radius 3 is 2.43 bits per heavy atom. The first-order chi connectivity index (χ1) is 14.2. The van der Waals surface area contributed by atoms with E-state index in [1.165, 1.54) is 6.20 Å². The lowest BCUT2D eigenvalue weighted by atomic mass is 9.76. The van der Waals surface area contributed by atoms with Gasteiger partial charge in [-0.15, -0.1) is 0 Å². The summed E-state index contributed by atoms with van der Waals surface area (Å²) in [5.74, 6) is -3.35. The molecular weight excluding hydrogens is 394 g/mol. The average Bonchev–Trinajstić information content (AvgIpc) is 3.42. The van der Waals surface area contributed by atoms with E-state index in [1.54, 1.807) is 4.68 Å². The van der Waals surface area contributed by atoms with Gasteiger partial charge in [0, 0.05) is 37.0 Å². The van der Waals surface area contributed by atoms with Gasteiger partial charge in [0.25, 0.3) is 11.8 Å². The van der Waals surface area contributed by atoms with E-state index < -0.39 is 17.4 Å². The molecule has 0 aliphatic heterocycles. The molecule has 0 atom stereocenters. The molecule has 3 aliphatic carbocycles. The van der Waals surface area contributed by atoms with Gasteiger partial charge in [-0.3, -0.25) is 14.3 Å². The van der Waals surface area contributed by atoms with Gasteiger partial charge >= 0.3 is 0 Å². The fraction of sp³-hybridized carbons (Fsp3) is 0.700. The molecule has 0 unspecified atom stereocenters. The van der Waals surface area contributed by atoms with Crippen LogP contribution < -0.4 is 16.4 Å². The summed E-state index contributed by atoms with van der Waals surface area (Å²) in [6.45, 7) is 0. The molecule has 2 amide bonds. The smallest absolute Gasteiger partial charge is 0.254 e. The lowest BCUT2D eigenvalue weighted by Gasteiger charge is -2.43. The number of carbonyl (C=O) groups excluding carboxylic acids is 2. The first-order valence-corrected chi connectivity index (χ1v) is 10.4. The fourth-order valence-corrected chi connectivity index (χ4v) is 4.52. The third kappa shape index (κ3) is 4.17. The minimum absolute atomic E-state index is 0.0515. The molecule has 3 saturated carbocycles. The predicted octanol–water partition coefficient (Wildman–Crippen LogP) is 2.27. The van der Waals surface area contributed by atoms with Crippen LogP contribution in [-0.4, -0.2) is 39.6 Å². The number of hydrogen-bond acceptors (Lipinski definition) is 5. The summed E-state index contributed by atoms with van der Waals surface area (Å²) in [5, 5.41) is 19.9. The number of anilines is 1. The Kier molecular flexibility index (Phi) is 5.26. The van der Waals surface area contributed by atoms with Crippen molar-refractivity contribution in [3.8, 4) is 6.07 Å². The summed E-state index contributed by atoms with van der Waals surface area (Å²) in [6, 6.07) is 2.15. The van der Waals surface area contributed by atoms with E-state index >= 15 is 0 Å². The van der Waals surface area contributed by atoms with Crippen molar-refractivity contribution < 1.29 is 18.4 Å². The van der Waals surface area contributed by atoms with Crippen LogP contribution in [-0.2, 0) is 10.3 Å². The highest BCUT2D eigenvalue weighted by Crippen LogP contribution is 2.41. The van der Waals surface area contributed by atoms with Gasteiger partial charge < -0.3 is 16.4 Å². The number of halogens is 2. The Labute approximate surface area is 173 Å². The zero-order valence-corrected chi connectivity index (χ0v) is 16.7. The second-order valence-electron chi connectivity index (χ2n) is 8.93. The van der Waals surface area contributed by atoms with Gasteiger partial charge in [0.05, 0.1) is 18.0 Å². The molecule has 10 heteroatoms. The van der Waals surface area contributed by atoms with Gasteiger partial charge in [-0.05, 0) is 38.5 Å². The minimum Gasteiger partial charge on any atom is -0.365 e. The molecule has 0 radical (unpaired) electrons. The number of nitrogens with zero attached hydrogens (tertiary/aromatic N) is 3. The summed E-state index contributed by atoms with van der Waals surface area (Å²) in [5.41, 5.74) is 4.98. The minimum atomic E-state index is -2.56. The summed E-state index contributed by atoms with van der Waals surface area (Å²) in [4.78, 5) is 24.0. The van der Waals surface area contributed by atoms with E-state index in [2.05, 4.69) is 21.8 Å². The molecule has 4 N–H and O–H groups in total. The largest absolute Gasteiger partial charge is 0.365 e. The van der Waals surface area contributed by atoms with Crippen molar-refractivity contribution in [2.75, 3.05) is 5.32 Å². The van der Waals surface area contributed by atoms with E-state index in [1.807, 2.05) is 0 Å². The van der Waals surface area contributed by atoms with E-state index in [0.29, 0.717) is 25.7 Å². The Hall–Kier alpha value is -2.54. The van der Waals surface area contributed by atoms with Crippen molar-refractivity contribution in [1.82, 2.24) is 15.1 Å². The highest BCUT2D eigenvalue weighted by Gasteiger charge is 2.47. The van der Waals surface area contributed by atoms with Crippen LogP contribution in [0, 0.1) is 17.2 Å². The second kappa shape index (κ2) is 7.61. The van der Waals surface area contributed by atoms with E-state index in [9.17, 15) is 23.6 Å². The first kappa shape index (κ1) is 20.7. The second-order valence-corrected chi connectivity index (χ2v) is 8.93. The molecule has 4 rings (SSSR count). The van der Waals surface area contributed by atoms with E-state index in [0.717, 1.165) is 12.8 Å². The summed E-state index contributed by atoms with van der Waals surface area (Å²) in [6.07, 6.45) is 5.72. The van der Waals surface area contributed by atoms with Crippen LogP contribution in [0.4, 0.5) is 14.6 Å². The highest BCUT2D eigenvalue weighted by molar-refractivity contribution is 6.02. The maximum absolute atomic E-state index is 13.1. The van der Waals surface area contributed by atoms with Gasteiger partial charge in [0.15, 0.2) is 5.82 Å². The van der Waals surface area contributed by atoms with Crippen LogP contribution in [0.1, 0.15) is 68.1 Å². The predicted molar refractivity (Wildman–Crippen MR) is 104 cm³/mol. The third-order valence-corrected chi connectivity index (χ3v) is 6.54. The van der Waals surface area contributed by atoms with Crippen LogP contribution in [0.2, 0.25) is 0 Å². The Balaban J connectivity index is 1.48. The molecule has 0 spiro atoms. The lowest BCUT2D eigenvalue weighted by molar-refractivity contribution is -0.117. The molecule has 0 saturated heterocycles. The summed E-state index contributed by atoms with van der Waals surface area (Å²) < 4.78 is 27.8. The molecule has 162 valence electrons. The van der Waals surface area contributed by atoms with Gasteiger partial charge in [-0.1, -0.05) is 0 Å². The van der Waals surface area contributed by atoms with Crippen LogP contribution >= 0.6 is 0 Å². The maximum Gasteiger partial charge on any atom is 0.254 e. The van der Waals surface area contributed by atoms with Crippen LogP contribution in [0.5, 0.6) is 0 Å². The molecule has 3 fully saturated rings. The number of nitriles is 1. The van der Waals surface area contributed by atoms with Gasteiger partial charge in [0.2, 0.25) is 5.91 Å². The number of amides is 2. The molecule has 1 aromatic heterocycles. The topological polar surface area (TPSA) is 126 Å². The Morgan fingerprint density at radius 1 is 1.23 bits per heavy atom. The number of hydrogen-bond donors (Lipinski definition) is 3. The van der Waals surface area contributed by atoms with Crippen molar-refractivity contribution in [3.63, 3.8) is 0 Å². The fourth-order valence-electron chi connectivity index (χ4n) is 4.52. The van der Waals surface area contributed by atoms with Crippen LogP contribution in [0.3, 0.4) is 0 Å². The number of alkyl halides is 2. The van der Waals surface area contributed by atoms with Gasteiger partial charge in [-0.25, -0.2) is 8.78 Å². The summed E-state index contributed by atoms with van der Waals surface area (Å²) >= 11 is 0. The molecule has 3 aliphatic rings. The normalized spacial score (nSPS) is 28.4. The molecule has 1 heterocycles. The van der Waals surface area contributed by atoms with Crippen molar-refractivity contribution in [2.24, 2.45) is 11.7 Å². The van der Waals surface area contributed by atoms with Crippen molar-refractivity contribution in [3.05, 3.63) is 11.8 Å². The Bertz CT molecular complexity index is 872. The third-order valence-electron chi connectivity index (χ3n) is 6.54. The van der Waals surface area contributed by atoms with E-state index in [4.69, 9.17) is 5.73 Å². The lowest BCUT2D eigenvalue weighted by Crippen LogP contribution is -2.53. The zero-order valence-electron chi connectivity index (χ0n) is 16.7. The molecule has 1 aromatic rings. The standard InChI is InChI=1S/C20H26F2N6O2/c21-20(22)9-14(10-20)25-13-3-5-19(6-4-13,7-8-23)28-11-15(16(24)29)17(27-28)26-18(30)12-1-2-12/h11-14,25H,1-7,9-10H2,(H2,24,29)(H,26,27,30)/t13-,19+. The zero-order chi connectivity index (χ0) is 21.5. The SMILES string of the molecule is N#CC[C@]1(n2cc(C(N)=O)c(NC(=O)C3CC3)n2)CC[C@@H](NC2CC(F)(F)C2)CC1.